The van der Waals surface area contributed by atoms with Crippen LogP contribution in [0, 0.1) is 10.1 Å². The quantitative estimate of drug-likeness (QED) is 0.243. The zero-order valence-corrected chi connectivity index (χ0v) is 21.8. The number of non-ortho nitro benzene ring substituents is 1. The van der Waals surface area contributed by atoms with Gasteiger partial charge in [0.25, 0.3) is 5.69 Å². The molecule has 2 fully saturated rings. The molecule has 1 saturated carbocycles. The zero-order valence-electron chi connectivity index (χ0n) is 21.0. The van der Waals surface area contributed by atoms with E-state index in [1.165, 1.54) is 0 Å². The summed E-state index contributed by atoms with van der Waals surface area (Å²) in [6.45, 7) is 3.66. The Morgan fingerprint density at radius 1 is 0.895 bits per heavy atom. The Hall–Kier alpha value is -3.53. The Balaban J connectivity index is 1.18. The molecule has 0 aromatic heterocycles. The molecule has 38 heavy (non-hydrogen) atoms. The van der Waals surface area contributed by atoms with Crippen LogP contribution in [0.4, 0.5) is 5.69 Å². The number of sulfonamides is 1. The second kappa shape index (κ2) is 9.98. The first-order chi connectivity index (χ1) is 18.4. The minimum Gasteiger partial charge on any atom is -0.492 e. The lowest BCUT2D eigenvalue weighted by Gasteiger charge is -2.33. The summed E-state index contributed by atoms with van der Waals surface area (Å²) >= 11 is 0. The third-order valence-electron chi connectivity index (χ3n) is 7.53. The van der Waals surface area contributed by atoms with Crippen LogP contribution < -0.4 is 4.74 Å². The fourth-order valence-corrected chi connectivity index (χ4v) is 7.14. The summed E-state index contributed by atoms with van der Waals surface area (Å²) in [6, 6.07) is 20.9. The molecule has 196 valence electrons. The number of piperazine rings is 1. The second-order valence-electron chi connectivity index (χ2n) is 9.96. The summed E-state index contributed by atoms with van der Waals surface area (Å²) in [5, 5.41) is 11.3. The van der Waals surface area contributed by atoms with Gasteiger partial charge in [0.05, 0.1) is 10.2 Å². The van der Waals surface area contributed by atoms with Crippen molar-refractivity contribution in [2.45, 2.75) is 18.1 Å². The van der Waals surface area contributed by atoms with Gasteiger partial charge in [0, 0.05) is 50.4 Å². The molecule has 1 saturated heterocycles. The van der Waals surface area contributed by atoms with Crippen LogP contribution in [0.2, 0.25) is 0 Å². The SMILES string of the molecule is O=[N+]([O-])c1ccc2c(c1)C(=Cc1ccccc1OCCN1CCN(S(=O)(=O)C3CC3)CC1)c1ccccc1-2. The van der Waals surface area contributed by atoms with E-state index in [2.05, 4.69) is 4.90 Å². The lowest BCUT2D eigenvalue weighted by atomic mass is 10.0. The zero-order chi connectivity index (χ0) is 26.3. The van der Waals surface area contributed by atoms with Gasteiger partial charge < -0.3 is 4.74 Å². The van der Waals surface area contributed by atoms with E-state index in [1.54, 1.807) is 16.4 Å². The van der Waals surface area contributed by atoms with Crippen LogP contribution in [0.15, 0.2) is 66.7 Å². The smallest absolute Gasteiger partial charge is 0.270 e. The van der Waals surface area contributed by atoms with Gasteiger partial charge in [-0.25, -0.2) is 8.42 Å². The van der Waals surface area contributed by atoms with Crippen molar-refractivity contribution in [3.05, 3.63) is 93.5 Å². The number of hydrogen-bond donors (Lipinski definition) is 0. The van der Waals surface area contributed by atoms with Crippen molar-refractivity contribution in [1.29, 1.82) is 0 Å². The standard InChI is InChI=1S/C29H29N3O5S/c33-32(34)22-9-12-26-24-6-2-3-7-25(24)27(28(26)20-22)19-21-5-1-4-8-29(21)37-18-17-30-13-15-31(16-14-30)38(35,36)23-10-11-23/h1-9,12,19-20,23H,10-11,13-18H2. The number of hydrogen-bond acceptors (Lipinski definition) is 6. The Morgan fingerprint density at radius 3 is 2.32 bits per heavy atom. The average molecular weight is 532 g/mol. The van der Waals surface area contributed by atoms with E-state index in [9.17, 15) is 18.5 Å². The van der Waals surface area contributed by atoms with E-state index in [0.717, 1.165) is 52.0 Å². The molecular weight excluding hydrogens is 502 g/mol. The monoisotopic (exact) mass is 531 g/mol. The van der Waals surface area contributed by atoms with Crippen LogP contribution in [0.5, 0.6) is 5.75 Å². The lowest BCUT2D eigenvalue weighted by molar-refractivity contribution is -0.384. The van der Waals surface area contributed by atoms with E-state index >= 15 is 0 Å². The molecule has 3 aliphatic rings. The highest BCUT2D eigenvalue weighted by molar-refractivity contribution is 7.90. The fraction of sp³-hybridized carbons (Fsp3) is 0.310. The fourth-order valence-electron chi connectivity index (χ4n) is 5.31. The van der Waals surface area contributed by atoms with Crippen molar-refractivity contribution >= 4 is 27.4 Å². The van der Waals surface area contributed by atoms with E-state index < -0.39 is 10.0 Å². The van der Waals surface area contributed by atoms with E-state index in [4.69, 9.17) is 4.74 Å². The molecule has 0 bridgehead atoms. The highest BCUT2D eigenvalue weighted by Crippen LogP contribution is 2.46. The van der Waals surface area contributed by atoms with Gasteiger partial charge in [-0.3, -0.25) is 15.0 Å². The number of nitro groups is 1. The molecule has 2 aliphatic carbocycles. The first kappa shape index (κ1) is 24.8. The van der Waals surface area contributed by atoms with Crippen molar-refractivity contribution in [2.24, 2.45) is 0 Å². The molecule has 9 heteroatoms. The summed E-state index contributed by atoms with van der Waals surface area (Å²) in [7, 11) is -3.11. The summed E-state index contributed by atoms with van der Waals surface area (Å²) < 4.78 is 32.8. The summed E-state index contributed by atoms with van der Waals surface area (Å²) in [5.74, 6) is 0.742. The van der Waals surface area contributed by atoms with Crippen molar-refractivity contribution < 1.29 is 18.1 Å². The van der Waals surface area contributed by atoms with Crippen molar-refractivity contribution in [1.82, 2.24) is 9.21 Å². The molecule has 0 N–H and O–H groups in total. The van der Waals surface area contributed by atoms with Crippen LogP contribution in [-0.2, 0) is 10.0 Å². The van der Waals surface area contributed by atoms with Gasteiger partial charge >= 0.3 is 0 Å². The van der Waals surface area contributed by atoms with Crippen LogP contribution in [0.1, 0.15) is 29.5 Å². The summed E-state index contributed by atoms with van der Waals surface area (Å²) in [4.78, 5) is 13.3. The molecular formula is C29H29N3O5S. The molecule has 1 aliphatic heterocycles. The normalized spacial score (nSPS) is 18.8. The third-order valence-corrected chi connectivity index (χ3v) is 9.93. The summed E-state index contributed by atoms with van der Waals surface area (Å²) in [5.41, 5.74) is 5.83. The second-order valence-corrected chi connectivity index (χ2v) is 12.2. The Morgan fingerprint density at radius 2 is 1.58 bits per heavy atom. The van der Waals surface area contributed by atoms with Crippen molar-refractivity contribution in [3.8, 4) is 16.9 Å². The van der Waals surface area contributed by atoms with Gasteiger partial charge in [-0.1, -0.05) is 42.5 Å². The molecule has 0 atom stereocenters. The highest BCUT2D eigenvalue weighted by atomic mass is 32.2. The van der Waals surface area contributed by atoms with Gasteiger partial charge in [-0.05, 0) is 58.9 Å². The molecule has 1 heterocycles. The van der Waals surface area contributed by atoms with Gasteiger partial charge in [0.2, 0.25) is 10.0 Å². The first-order valence-electron chi connectivity index (χ1n) is 13.0. The predicted octanol–water partition coefficient (Wildman–Crippen LogP) is 4.65. The Kier molecular flexibility index (Phi) is 6.51. The molecule has 0 radical (unpaired) electrons. The minimum absolute atomic E-state index is 0.0667. The number of fused-ring (bicyclic) bond motifs is 3. The lowest BCUT2D eigenvalue weighted by Crippen LogP contribution is -2.50. The molecule has 8 nitrogen and oxygen atoms in total. The maximum absolute atomic E-state index is 12.5. The molecule has 3 aromatic carbocycles. The van der Waals surface area contributed by atoms with Gasteiger partial charge in [-0.2, -0.15) is 4.31 Å². The Labute approximate surface area is 222 Å². The number of benzene rings is 3. The average Bonchev–Trinajstić information content (AvgIpc) is 3.75. The van der Waals surface area contributed by atoms with Gasteiger partial charge in [0.15, 0.2) is 0 Å². The number of ether oxygens (including phenoxy) is 1. The van der Waals surface area contributed by atoms with E-state index in [0.29, 0.717) is 39.3 Å². The molecule has 3 aromatic rings. The number of nitro benzene ring substituents is 1. The largest absolute Gasteiger partial charge is 0.492 e. The predicted molar refractivity (Wildman–Crippen MR) is 147 cm³/mol. The van der Waals surface area contributed by atoms with Crippen LogP contribution in [-0.4, -0.2) is 67.1 Å². The topological polar surface area (TPSA) is 93.0 Å². The van der Waals surface area contributed by atoms with Gasteiger partial charge in [-0.15, -0.1) is 0 Å². The van der Waals surface area contributed by atoms with Crippen LogP contribution >= 0.6 is 0 Å². The van der Waals surface area contributed by atoms with Crippen molar-refractivity contribution in [3.63, 3.8) is 0 Å². The van der Waals surface area contributed by atoms with Gasteiger partial charge in [0.1, 0.15) is 12.4 Å². The maximum atomic E-state index is 12.5. The molecule has 0 spiro atoms. The van der Waals surface area contributed by atoms with Crippen LogP contribution in [0.3, 0.4) is 0 Å². The maximum Gasteiger partial charge on any atom is 0.270 e. The number of rotatable bonds is 8. The Bertz CT molecular complexity index is 1520. The number of nitrogens with zero attached hydrogens (tertiary/aromatic N) is 3. The summed E-state index contributed by atoms with van der Waals surface area (Å²) in [6.07, 6.45) is 3.63. The van der Waals surface area contributed by atoms with Crippen molar-refractivity contribution in [2.75, 3.05) is 39.3 Å². The molecule has 0 unspecified atom stereocenters. The van der Waals surface area contributed by atoms with Crippen LogP contribution in [0.25, 0.3) is 22.8 Å². The number of para-hydroxylation sites is 1. The first-order valence-corrected chi connectivity index (χ1v) is 14.5. The third kappa shape index (κ3) is 4.73. The molecule has 0 amide bonds. The highest BCUT2D eigenvalue weighted by Gasteiger charge is 2.40. The molecule has 6 rings (SSSR count). The minimum atomic E-state index is -3.11. The van der Waals surface area contributed by atoms with E-state index in [1.807, 2.05) is 60.7 Å². The van der Waals surface area contributed by atoms with E-state index in [-0.39, 0.29) is 15.9 Å².